The average molecular weight is 230 g/mol. The van der Waals surface area contributed by atoms with Crippen LogP contribution in [0.4, 0.5) is 0 Å². The fraction of sp³-hybridized carbons (Fsp3) is 0.923. The van der Waals surface area contributed by atoms with Gasteiger partial charge in [0.1, 0.15) is 6.42 Å². The van der Waals surface area contributed by atoms with E-state index >= 15 is 0 Å². The number of hydrogen-bond acceptors (Lipinski definition) is 2. The van der Waals surface area contributed by atoms with Crippen molar-refractivity contribution in [2.24, 2.45) is 0 Å². The van der Waals surface area contributed by atoms with Gasteiger partial charge in [0.25, 0.3) is 0 Å². The minimum absolute atomic E-state index is 0.239. The van der Waals surface area contributed by atoms with Crippen LogP contribution in [0, 0.1) is 0 Å². The van der Waals surface area contributed by atoms with Crippen molar-refractivity contribution in [2.45, 2.75) is 78.2 Å². The molecule has 0 radical (unpaired) electrons. The average Bonchev–Trinajstić information content (AvgIpc) is 2.27. The maximum Gasteiger partial charge on any atom is 0.497 e. The van der Waals surface area contributed by atoms with Crippen molar-refractivity contribution in [1.82, 2.24) is 0 Å². The van der Waals surface area contributed by atoms with E-state index in [9.17, 15) is 5.26 Å². The molecule has 0 fully saturated rings. The molecule has 0 aromatic carbocycles. The fourth-order valence-electron chi connectivity index (χ4n) is 1.36. The van der Waals surface area contributed by atoms with Gasteiger partial charge in [-0.3, -0.25) is 4.58 Å². The molecule has 0 aliphatic carbocycles. The highest BCUT2D eigenvalue weighted by atomic mass is 17.1. The lowest BCUT2D eigenvalue weighted by atomic mass is 10.1. The quantitative estimate of drug-likeness (QED) is 0.211. The summed E-state index contributed by atoms with van der Waals surface area (Å²) in [6, 6.07) is 0. The Hall–Kier alpha value is -0.730. The van der Waals surface area contributed by atoms with Gasteiger partial charge >= 0.3 is 5.97 Å². The molecule has 0 N–H and O–H groups in total. The van der Waals surface area contributed by atoms with Crippen LogP contribution in [0.15, 0.2) is 0 Å². The summed E-state index contributed by atoms with van der Waals surface area (Å²) in [5, 5.41) is 10.5. The first kappa shape index (κ1) is 15.3. The van der Waals surface area contributed by atoms with Gasteiger partial charge in [-0.15, -0.1) is 0 Å². The van der Waals surface area contributed by atoms with Crippen LogP contribution in [0.1, 0.15) is 72.6 Å². The van der Waals surface area contributed by atoms with E-state index in [1.54, 1.807) is 0 Å². The largest absolute Gasteiger partial charge is 0.588 e. The first-order chi connectivity index (χ1) is 7.55. The van der Waals surface area contributed by atoms with Gasteiger partial charge in [0.15, 0.2) is 5.60 Å². The molecule has 16 heavy (non-hydrogen) atoms. The molecule has 0 heterocycles. The Bertz CT molecular complexity index is 197. The zero-order chi connectivity index (χ0) is 12.4. The zero-order valence-corrected chi connectivity index (χ0v) is 11.2. The summed E-state index contributed by atoms with van der Waals surface area (Å²) in [7, 11) is 0. The molecule has 0 aliphatic rings. The Labute approximate surface area is 99.4 Å². The van der Waals surface area contributed by atoms with E-state index in [1.807, 2.05) is 20.8 Å². The van der Waals surface area contributed by atoms with Crippen LogP contribution in [0.3, 0.4) is 0 Å². The van der Waals surface area contributed by atoms with Gasteiger partial charge in [-0.25, -0.2) is 0 Å². The number of rotatable bonds is 8. The van der Waals surface area contributed by atoms with Gasteiger partial charge in [0, 0.05) is 20.3 Å². The fourth-order valence-corrected chi connectivity index (χ4v) is 1.36. The van der Waals surface area contributed by atoms with Crippen LogP contribution in [0.2, 0.25) is 0 Å². The number of esters is 1. The number of carbonyl (C=O) groups excluding carboxylic acids is 1. The predicted molar refractivity (Wildman–Crippen MR) is 63.8 cm³/mol. The van der Waals surface area contributed by atoms with E-state index in [4.69, 9.17) is 4.74 Å². The molecule has 0 aromatic heterocycles. The standard InChI is InChI=1S/C13H26O3/c1-5-7-8-9-10-11-12(16-14)15-13(3,4)6-2/h5-11H2,1-4H3. The summed E-state index contributed by atoms with van der Waals surface area (Å²) in [6.45, 7) is 8.14. The molecule has 0 spiro atoms. The van der Waals surface area contributed by atoms with Crippen molar-refractivity contribution in [3.63, 3.8) is 0 Å². The number of hydrogen-bond donors (Lipinski definition) is 0. The second kappa shape index (κ2) is 8.43. The zero-order valence-electron chi connectivity index (χ0n) is 11.2. The molecule has 0 unspecified atom stereocenters. The highest BCUT2D eigenvalue weighted by molar-refractivity contribution is 5.70. The minimum atomic E-state index is -0.302. The van der Waals surface area contributed by atoms with Gasteiger partial charge in [-0.2, -0.15) is 0 Å². The SMILES string of the molecule is CCCCCCCC(OC(C)(C)CC)=[O+][O-]. The Balaban J connectivity index is 3.77. The third-order valence-electron chi connectivity index (χ3n) is 2.82. The van der Waals surface area contributed by atoms with Crippen LogP contribution in [0.5, 0.6) is 0 Å². The van der Waals surface area contributed by atoms with Crippen molar-refractivity contribution in [2.75, 3.05) is 0 Å². The van der Waals surface area contributed by atoms with Crippen LogP contribution in [0.25, 0.3) is 0 Å². The molecule has 3 nitrogen and oxygen atoms in total. The first-order valence-electron chi connectivity index (χ1n) is 6.40. The van der Waals surface area contributed by atoms with Gasteiger partial charge in [0.05, 0.1) is 0 Å². The van der Waals surface area contributed by atoms with Crippen molar-refractivity contribution in [1.29, 1.82) is 0 Å². The molecule has 0 rings (SSSR count). The Morgan fingerprint density at radius 1 is 1.12 bits per heavy atom. The van der Waals surface area contributed by atoms with E-state index in [-0.39, 0.29) is 11.6 Å². The first-order valence-corrected chi connectivity index (χ1v) is 6.40. The maximum atomic E-state index is 10.5. The predicted octanol–water partition coefficient (Wildman–Crippen LogP) is 2.89. The van der Waals surface area contributed by atoms with Crippen molar-refractivity contribution in [3.8, 4) is 0 Å². The lowest BCUT2D eigenvalue weighted by molar-refractivity contribution is -1.05. The third-order valence-corrected chi connectivity index (χ3v) is 2.82. The van der Waals surface area contributed by atoms with E-state index in [0.717, 1.165) is 19.3 Å². The second-order valence-corrected chi connectivity index (χ2v) is 4.83. The monoisotopic (exact) mass is 230 g/mol. The maximum absolute atomic E-state index is 10.5. The number of ether oxygens (including phenoxy) is 1. The van der Waals surface area contributed by atoms with Crippen molar-refractivity contribution in [3.05, 3.63) is 0 Å². The minimum Gasteiger partial charge on any atom is -0.588 e. The van der Waals surface area contributed by atoms with Gasteiger partial charge in [-0.1, -0.05) is 39.5 Å². The van der Waals surface area contributed by atoms with Crippen LogP contribution >= 0.6 is 0 Å². The van der Waals surface area contributed by atoms with Gasteiger partial charge in [0.2, 0.25) is 0 Å². The summed E-state index contributed by atoms with van der Waals surface area (Å²) in [6.07, 6.45) is 7.29. The van der Waals surface area contributed by atoms with E-state index in [1.165, 1.54) is 19.3 Å². The lowest BCUT2D eigenvalue weighted by Crippen LogP contribution is -2.29. The summed E-state index contributed by atoms with van der Waals surface area (Å²) in [5.74, 6) is 0.239. The smallest absolute Gasteiger partial charge is 0.497 e. The molecule has 0 aliphatic heterocycles. The molecular formula is C13H26O3. The Kier molecular flexibility index (Phi) is 8.04. The molecule has 0 atom stereocenters. The number of unbranched alkanes of at least 4 members (excludes halogenated alkanes) is 4. The Morgan fingerprint density at radius 3 is 2.25 bits per heavy atom. The van der Waals surface area contributed by atoms with E-state index in [0.29, 0.717) is 6.42 Å². The molecule has 0 aromatic rings. The molecule has 0 amide bonds. The molecule has 0 saturated carbocycles. The highest BCUT2D eigenvalue weighted by Gasteiger charge is 2.28. The summed E-state index contributed by atoms with van der Waals surface area (Å²) >= 11 is 0. The normalized spacial score (nSPS) is 12.9. The van der Waals surface area contributed by atoms with Gasteiger partial charge in [-0.05, 0) is 6.42 Å². The summed E-state index contributed by atoms with van der Waals surface area (Å²) in [4.78, 5) is 0. The van der Waals surface area contributed by atoms with Crippen LogP contribution < -0.4 is 5.26 Å². The highest BCUT2D eigenvalue weighted by Crippen LogP contribution is 2.16. The summed E-state index contributed by atoms with van der Waals surface area (Å²) in [5.41, 5.74) is -0.302. The van der Waals surface area contributed by atoms with Gasteiger partial charge < -0.3 is 9.99 Å². The van der Waals surface area contributed by atoms with Crippen LogP contribution in [-0.2, 0) is 9.31 Å². The molecule has 0 bridgehead atoms. The molecule has 96 valence electrons. The van der Waals surface area contributed by atoms with Crippen molar-refractivity contribution >= 4 is 5.97 Å². The third kappa shape index (κ3) is 7.55. The van der Waals surface area contributed by atoms with Crippen LogP contribution in [-0.4, -0.2) is 11.6 Å². The Morgan fingerprint density at radius 2 is 1.75 bits per heavy atom. The summed E-state index contributed by atoms with van der Waals surface area (Å²) < 4.78 is 9.56. The molecule has 0 saturated heterocycles. The molecular weight excluding hydrogens is 204 g/mol. The lowest BCUT2D eigenvalue weighted by Gasteiger charge is -2.15. The van der Waals surface area contributed by atoms with E-state index < -0.39 is 0 Å². The van der Waals surface area contributed by atoms with Crippen molar-refractivity contribution < 1.29 is 14.6 Å². The molecule has 3 heteroatoms. The van der Waals surface area contributed by atoms with E-state index in [2.05, 4.69) is 11.5 Å². The second-order valence-electron chi connectivity index (χ2n) is 4.83. The topological polar surface area (TPSA) is 43.6 Å².